The van der Waals surface area contributed by atoms with Crippen LogP contribution in [-0.2, 0) is 19.5 Å². The van der Waals surface area contributed by atoms with Gasteiger partial charge in [-0.2, -0.15) is 13.8 Å². The van der Waals surface area contributed by atoms with E-state index in [1.807, 2.05) is 80.3 Å². The summed E-state index contributed by atoms with van der Waals surface area (Å²) in [6.07, 6.45) is 23.2. The van der Waals surface area contributed by atoms with Gasteiger partial charge in [0.1, 0.15) is 0 Å². The zero-order valence-corrected chi connectivity index (χ0v) is 36.6. The second-order valence-corrected chi connectivity index (χ2v) is 12.7. The molecule has 0 amide bonds. The molecular weight excluding hydrogens is 734 g/mol. The van der Waals surface area contributed by atoms with Gasteiger partial charge in [0.2, 0.25) is 0 Å². The molecular formula is C48H66N4Ru. The van der Waals surface area contributed by atoms with Crippen molar-refractivity contribution in [2.24, 2.45) is 5.92 Å². The van der Waals surface area contributed by atoms with E-state index in [9.17, 15) is 0 Å². The summed E-state index contributed by atoms with van der Waals surface area (Å²) in [7, 11) is 0. The fourth-order valence-corrected chi connectivity index (χ4v) is 4.75. The fraction of sp³-hybridized carbons (Fsp3) is 0.333. The van der Waals surface area contributed by atoms with E-state index in [4.69, 9.17) is 0 Å². The molecule has 0 aromatic carbocycles. The maximum absolute atomic E-state index is 4.48. The van der Waals surface area contributed by atoms with Gasteiger partial charge in [-0.15, -0.1) is 5.92 Å². The van der Waals surface area contributed by atoms with E-state index in [0.717, 1.165) is 22.8 Å². The van der Waals surface area contributed by atoms with Crippen LogP contribution in [0.5, 0.6) is 0 Å². The number of hydrogen-bond donors (Lipinski definition) is 0. The molecule has 4 aromatic heterocycles. The number of rotatable bonds is 9. The molecule has 0 fully saturated rings. The topological polar surface area (TPSA) is 51.6 Å². The predicted octanol–water partition coefficient (Wildman–Crippen LogP) is 13.8. The molecule has 0 saturated carbocycles. The molecule has 4 heterocycles. The van der Waals surface area contributed by atoms with Crippen molar-refractivity contribution in [3.63, 3.8) is 0 Å². The molecule has 5 heteroatoms. The number of aryl methyl sites for hydroxylation is 4. The summed E-state index contributed by atoms with van der Waals surface area (Å²) in [4.78, 5) is 17.4. The molecule has 2 atom stereocenters. The van der Waals surface area contributed by atoms with Crippen LogP contribution in [0.4, 0.5) is 0 Å². The Labute approximate surface area is 337 Å². The average molecular weight is 800 g/mol. The van der Waals surface area contributed by atoms with Crippen molar-refractivity contribution >= 4 is 5.57 Å². The minimum absolute atomic E-state index is 0. The van der Waals surface area contributed by atoms with Crippen LogP contribution in [0.15, 0.2) is 127 Å². The normalized spacial score (nSPS) is 12.2. The van der Waals surface area contributed by atoms with Crippen LogP contribution in [0.1, 0.15) is 108 Å². The molecule has 0 spiro atoms. The summed E-state index contributed by atoms with van der Waals surface area (Å²) in [5.74, 6) is 0.758. The molecule has 4 aromatic rings. The third kappa shape index (κ3) is 21.9. The Morgan fingerprint density at radius 1 is 0.755 bits per heavy atom. The van der Waals surface area contributed by atoms with Crippen molar-refractivity contribution in [3.8, 4) is 11.4 Å². The minimum atomic E-state index is 0. The van der Waals surface area contributed by atoms with Crippen LogP contribution in [0.25, 0.3) is 17.0 Å². The van der Waals surface area contributed by atoms with Gasteiger partial charge in [0, 0.05) is 36.4 Å². The molecule has 0 N–H and O–H groups in total. The molecule has 53 heavy (non-hydrogen) atoms. The van der Waals surface area contributed by atoms with Gasteiger partial charge < -0.3 is 13.3 Å². The second-order valence-electron chi connectivity index (χ2n) is 12.7. The quantitative estimate of drug-likeness (QED) is 0.0961. The van der Waals surface area contributed by atoms with Crippen LogP contribution in [0.2, 0.25) is 0 Å². The van der Waals surface area contributed by atoms with E-state index >= 15 is 0 Å². The Morgan fingerprint density at radius 2 is 1.21 bits per heavy atom. The number of aromatic nitrogens is 4. The molecule has 2 unspecified atom stereocenters. The first-order valence-electron chi connectivity index (χ1n) is 18.4. The van der Waals surface area contributed by atoms with Gasteiger partial charge in [-0.25, -0.2) is 0 Å². The van der Waals surface area contributed by atoms with E-state index in [2.05, 4.69) is 152 Å². The fourth-order valence-electron chi connectivity index (χ4n) is 4.75. The smallest absolute Gasteiger partial charge is 0.346 e. The molecule has 4 rings (SSSR count). The van der Waals surface area contributed by atoms with Crippen molar-refractivity contribution in [2.75, 3.05) is 0 Å². The summed E-state index contributed by atoms with van der Waals surface area (Å²) in [5, 5.41) is 0. The summed E-state index contributed by atoms with van der Waals surface area (Å²) in [6, 6.07) is 16.4. The Kier molecular flexibility index (Phi) is 29.3. The van der Waals surface area contributed by atoms with E-state index in [0.29, 0.717) is 11.8 Å². The van der Waals surface area contributed by atoms with Gasteiger partial charge in [0.15, 0.2) is 0 Å². The van der Waals surface area contributed by atoms with Crippen molar-refractivity contribution in [3.05, 3.63) is 174 Å². The standard InChI is InChI=1S/C17H22N.C14H19N.C12H12N2.C3H8.C2H5.Ru/c1-6-8-13(3)11-16(15(5)7-2)17-12-14(4)9-10-18-17;1-5-6-11(2)9-13(4)14-10-12(3)7-8-15-14;1-9-3-5-13-11(7-9)12-8-10(2)4-6-14-12;1-3-2;1-2;/h6-12,15H,1H2,2-5H3;5-10,13H,1-4H3;3-8H,1-2H3;3H2,1-2H3;1H2,2H3;/q-1;;;;-1;+2/b13-8-,16-11+;6-5-,11-9-;;;;. The van der Waals surface area contributed by atoms with Gasteiger partial charge in [-0.3, -0.25) is 19.9 Å². The van der Waals surface area contributed by atoms with E-state index < -0.39 is 0 Å². The maximum atomic E-state index is 4.48. The summed E-state index contributed by atoms with van der Waals surface area (Å²) in [5.41, 5.74) is 12.7. The van der Waals surface area contributed by atoms with Crippen LogP contribution < -0.4 is 0 Å². The molecule has 0 radical (unpaired) electrons. The van der Waals surface area contributed by atoms with Crippen molar-refractivity contribution in [1.82, 2.24) is 19.9 Å². The molecule has 0 saturated heterocycles. The number of hydrogen-bond acceptors (Lipinski definition) is 4. The minimum Gasteiger partial charge on any atom is -0.346 e. The van der Waals surface area contributed by atoms with Crippen LogP contribution in [-0.4, -0.2) is 19.9 Å². The molecule has 0 aliphatic heterocycles. The van der Waals surface area contributed by atoms with E-state index in [1.54, 1.807) is 6.92 Å². The number of pyridine rings is 4. The molecule has 0 aliphatic rings. The summed E-state index contributed by atoms with van der Waals surface area (Å²) < 4.78 is 0. The SMILES string of the molecule is C/C=C\C(C)=C/C(C)c1cc(C)ccn1.C=C/C=C(C)\C=C(\c1cc(C)ccn1)C(C)[CH-]C.CCC.Cc1ccnc(-c2cc(C)ccn2)c1.[CH2-]C.[Ru+2]. The zero-order valence-electron chi connectivity index (χ0n) is 34.9. The van der Waals surface area contributed by atoms with Gasteiger partial charge >= 0.3 is 19.5 Å². The molecule has 0 bridgehead atoms. The van der Waals surface area contributed by atoms with Gasteiger partial charge in [-0.1, -0.05) is 88.3 Å². The third-order valence-corrected chi connectivity index (χ3v) is 7.40. The Balaban J connectivity index is 0. The van der Waals surface area contributed by atoms with Gasteiger partial charge in [0.25, 0.3) is 0 Å². The maximum Gasteiger partial charge on any atom is 2.00 e. The van der Waals surface area contributed by atoms with Crippen LogP contribution in [0, 0.1) is 47.0 Å². The first-order valence-corrected chi connectivity index (χ1v) is 18.4. The van der Waals surface area contributed by atoms with Gasteiger partial charge in [-0.05, 0) is 125 Å². The summed E-state index contributed by atoms with van der Waals surface area (Å²) >= 11 is 0. The van der Waals surface area contributed by atoms with Crippen LogP contribution >= 0.6 is 0 Å². The zero-order chi connectivity index (χ0) is 39.5. The molecule has 4 nitrogen and oxygen atoms in total. The van der Waals surface area contributed by atoms with Crippen molar-refractivity contribution in [1.29, 1.82) is 0 Å². The first kappa shape index (κ1) is 51.0. The third-order valence-electron chi connectivity index (χ3n) is 7.40. The second kappa shape index (κ2) is 30.4. The van der Waals surface area contributed by atoms with E-state index in [1.165, 1.54) is 45.4 Å². The Morgan fingerprint density at radius 3 is 1.62 bits per heavy atom. The number of nitrogens with zero attached hydrogens (tertiary/aromatic N) is 4. The van der Waals surface area contributed by atoms with Crippen molar-refractivity contribution in [2.45, 2.75) is 102 Å². The van der Waals surface area contributed by atoms with Crippen LogP contribution in [0.3, 0.4) is 0 Å². The van der Waals surface area contributed by atoms with Crippen molar-refractivity contribution < 1.29 is 19.5 Å². The Hall–Kier alpha value is -4.08. The average Bonchev–Trinajstić information content (AvgIpc) is 3.12. The largest absolute Gasteiger partial charge is 2.00 e. The molecule has 0 aliphatic carbocycles. The summed E-state index contributed by atoms with van der Waals surface area (Å²) in [6.45, 7) is 34.0. The first-order chi connectivity index (χ1) is 24.9. The monoisotopic (exact) mass is 800 g/mol. The van der Waals surface area contributed by atoms with E-state index in [-0.39, 0.29) is 19.5 Å². The molecule has 286 valence electrons. The van der Waals surface area contributed by atoms with Gasteiger partial charge in [0.05, 0.1) is 17.1 Å². The Bertz CT molecular complexity index is 1670. The number of allylic oxidation sites excluding steroid dienone is 9. The predicted molar refractivity (Wildman–Crippen MR) is 230 cm³/mol.